The molecule has 8 nitrogen and oxygen atoms in total. The summed E-state index contributed by atoms with van der Waals surface area (Å²) < 4.78 is 79.3. The van der Waals surface area contributed by atoms with Crippen LogP contribution in [0.5, 0.6) is 0 Å². The summed E-state index contributed by atoms with van der Waals surface area (Å²) in [4.78, 5) is 39.2. The van der Waals surface area contributed by atoms with Crippen molar-refractivity contribution in [3.63, 3.8) is 0 Å². The van der Waals surface area contributed by atoms with E-state index in [9.17, 15) is 45.8 Å². The summed E-state index contributed by atoms with van der Waals surface area (Å²) in [5.41, 5.74) is 5.01. The number of hydrogen-bond acceptors (Lipinski definition) is 5. The number of rotatable bonds is 12. The van der Waals surface area contributed by atoms with E-state index in [0.29, 0.717) is 22.5 Å². The predicted octanol–water partition coefficient (Wildman–Crippen LogP) is 7.03. The van der Waals surface area contributed by atoms with Crippen molar-refractivity contribution in [3.05, 3.63) is 130 Å². The molecule has 48 heavy (non-hydrogen) atoms. The molecule has 0 unspecified atom stereocenters. The van der Waals surface area contributed by atoms with E-state index < -0.39 is 47.3 Å². The van der Waals surface area contributed by atoms with Gasteiger partial charge < -0.3 is 21.5 Å². The Morgan fingerprint density at radius 2 is 1.08 bits per heavy atom. The number of nitrogens with zero attached hydrogens (tertiary/aromatic N) is 1. The fraction of sp³-hybridized carbons (Fsp3) is 0.206. The first-order valence-electron chi connectivity index (χ1n) is 14.5. The summed E-state index contributed by atoms with van der Waals surface area (Å²) in [6.07, 6.45) is -9.28. The van der Waals surface area contributed by atoms with Gasteiger partial charge in [0, 0.05) is 42.1 Å². The van der Waals surface area contributed by atoms with Crippen molar-refractivity contribution in [2.24, 2.45) is 5.73 Å². The standard InChI is InChI=1S/C34H30F6N4O4/c35-33(36,37)25-11-5-9-21(17-25)30(45)42-28-13-3-1-7-23(28)19-44(16-15-27(41)32(47)48)20-24-8-2-4-14-29(24)43-31(46)22-10-6-12-26(18-22)34(38,39)40/h1-14,17-18,27H,15-16,19-20,41H2,(H,42,45)(H,43,46)(H,47,48)/t27-/m0/s1. The summed E-state index contributed by atoms with van der Waals surface area (Å²) in [5, 5.41) is 14.6. The lowest BCUT2D eigenvalue weighted by Crippen LogP contribution is -2.35. The van der Waals surface area contributed by atoms with Crippen LogP contribution in [0.3, 0.4) is 0 Å². The molecule has 2 amide bonds. The molecule has 0 heterocycles. The quantitative estimate of drug-likeness (QED) is 0.120. The molecule has 4 rings (SSSR count). The number of amides is 2. The second kappa shape index (κ2) is 15.1. The minimum atomic E-state index is -4.64. The third-order valence-corrected chi connectivity index (χ3v) is 7.30. The van der Waals surface area contributed by atoms with Crippen LogP contribution in [0.15, 0.2) is 97.1 Å². The maximum absolute atomic E-state index is 13.2. The van der Waals surface area contributed by atoms with Gasteiger partial charge in [0.25, 0.3) is 11.8 Å². The van der Waals surface area contributed by atoms with E-state index in [2.05, 4.69) is 10.6 Å². The molecule has 4 aromatic carbocycles. The number of halogens is 6. The Morgan fingerprint density at radius 3 is 1.48 bits per heavy atom. The van der Waals surface area contributed by atoms with Gasteiger partial charge in [-0.15, -0.1) is 0 Å². The Bertz CT molecular complexity index is 1660. The molecule has 14 heteroatoms. The summed E-state index contributed by atoms with van der Waals surface area (Å²) in [5.74, 6) is -2.79. The minimum absolute atomic E-state index is 0.00680. The van der Waals surface area contributed by atoms with Gasteiger partial charge in [-0.2, -0.15) is 26.3 Å². The number of carboxylic acid groups (broad SMARTS) is 1. The number of benzene rings is 4. The fourth-order valence-electron chi connectivity index (χ4n) is 4.76. The van der Waals surface area contributed by atoms with Crippen molar-refractivity contribution >= 4 is 29.2 Å². The molecule has 252 valence electrons. The van der Waals surface area contributed by atoms with Gasteiger partial charge in [0.15, 0.2) is 0 Å². The molecule has 0 fully saturated rings. The number of para-hydroxylation sites is 2. The van der Waals surface area contributed by atoms with Crippen molar-refractivity contribution in [3.8, 4) is 0 Å². The lowest BCUT2D eigenvalue weighted by atomic mass is 10.1. The summed E-state index contributed by atoms with van der Waals surface area (Å²) in [7, 11) is 0. The molecule has 0 aromatic heterocycles. The van der Waals surface area contributed by atoms with Gasteiger partial charge in [-0.1, -0.05) is 48.5 Å². The average molecular weight is 673 g/mol. The highest BCUT2D eigenvalue weighted by Crippen LogP contribution is 2.31. The van der Waals surface area contributed by atoms with Crippen LogP contribution in [0.2, 0.25) is 0 Å². The normalized spacial score (nSPS) is 12.4. The summed E-state index contributed by atoms with van der Waals surface area (Å²) in [6, 6.07) is 19.8. The first-order chi connectivity index (χ1) is 22.6. The van der Waals surface area contributed by atoms with Gasteiger partial charge in [-0.05, 0) is 66.1 Å². The Morgan fingerprint density at radius 1 is 0.667 bits per heavy atom. The van der Waals surface area contributed by atoms with Gasteiger partial charge in [-0.3, -0.25) is 19.3 Å². The molecule has 0 saturated heterocycles. The highest BCUT2D eigenvalue weighted by atomic mass is 19.4. The predicted molar refractivity (Wildman–Crippen MR) is 166 cm³/mol. The first-order valence-corrected chi connectivity index (χ1v) is 14.5. The van der Waals surface area contributed by atoms with Crippen LogP contribution < -0.4 is 16.4 Å². The van der Waals surface area contributed by atoms with Crippen LogP contribution in [0, 0.1) is 0 Å². The van der Waals surface area contributed by atoms with Crippen LogP contribution >= 0.6 is 0 Å². The molecule has 5 N–H and O–H groups in total. The zero-order valence-corrected chi connectivity index (χ0v) is 25.1. The number of carbonyl (C=O) groups is 3. The highest BCUT2D eigenvalue weighted by molar-refractivity contribution is 6.05. The molecule has 0 aliphatic rings. The van der Waals surface area contributed by atoms with E-state index in [1.807, 2.05) is 0 Å². The van der Waals surface area contributed by atoms with E-state index in [4.69, 9.17) is 5.73 Å². The Balaban J connectivity index is 1.58. The van der Waals surface area contributed by atoms with Crippen molar-refractivity contribution in [1.29, 1.82) is 0 Å². The van der Waals surface area contributed by atoms with Gasteiger partial charge in [-0.25, -0.2) is 0 Å². The smallest absolute Gasteiger partial charge is 0.416 e. The molecule has 1 atom stereocenters. The molecule has 4 aromatic rings. The van der Waals surface area contributed by atoms with E-state index in [1.54, 1.807) is 53.4 Å². The van der Waals surface area contributed by atoms with Gasteiger partial charge in [0.2, 0.25) is 0 Å². The van der Waals surface area contributed by atoms with Crippen molar-refractivity contribution < 1.29 is 45.8 Å². The van der Waals surface area contributed by atoms with Crippen LogP contribution in [0.25, 0.3) is 0 Å². The van der Waals surface area contributed by atoms with Crippen LogP contribution in [-0.4, -0.2) is 40.4 Å². The van der Waals surface area contributed by atoms with Gasteiger partial charge >= 0.3 is 18.3 Å². The van der Waals surface area contributed by atoms with Crippen molar-refractivity contribution in [1.82, 2.24) is 4.90 Å². The molecule has 0 saturated carbocycles. The van der Waals surface area contributed by atoms with Gasteiger partial charge in [0.1, 0.15) is 6.04 Å². The Labute approximate surface area is 271 Å². The number of carboxylic acids is 1. The first kappa shape index (κ1) is 35.6. The number of nitrogens with one attached hydrogen (secondary N) is 2. The monoisotopic (exact) mass is 672 g/mol. The zero-order valence-electron chi connectivity index (χ0n) is 25.1. The number of carbonyl (C=O) groups excluding carboxylic acids is 2. The SMILES string of the molecule is N[C@@H](CCN(Cc1ccccc1NC(=O)c1cccc(C(F)(F)F)c1)Cc1ccccc1NC(=O)c1cccc(C(F)(F)F)c1)C(=O)O. The maximum atomic E-state index is 13.2. The lowest BCUT2D eigenvalue weighted by Gasteiger charge is -2.26. The second-order valence-electron chi connectivity index (χ2n) is 10.8. The maximum Gasteiger partial charge on any atom is 0.416 e. The fourth-order valence-corrected chi connectivity index (χ4v) is 4.76. The van der Waals surface area contributed by atoms with Crippen LogP contribution in [-0.2, 0) is 30.2 Å². The number of anilines is 2. The number of nitrogens with two attached hydrogens (primary N) is 1. The average Bonchev–Trinajstić information content (AvgIpc) is 3.04. The summed E-state index contributed by atoms with van der Waals surface area (Å²) >= 11 is 0. The number of aliphatic carboxylic acids is 1. The van der Waals surface area contributed by atoms with E-state index in [0.717, 1.165) is 36.4 Å². The Kier molecular flexibility index (Phi) is 11.2. The van der Waals surface area contributed by atoms with Crippen molar-refractivity contribution in [2.45, 2.75) is 37.9 Å². The number of hydrogen-bond donors (Lipinski definition) is 4. The molecular weight excluding hydrogens is 642 g/mol. The minimum Gasteiger partial charge on any atom is -0.480 e. The zero-order chi connectivity index (χ0) is 35.1. The molecule has 0 aliphatic carbocycles. The van der Waals surface area contributed by atoms with E-state index in [-0.39, 0.29) is 37.2 Å². The lowest BCUT2D eigenvalue weighted by molar-refractivity contribution is -0.139. The Hall–Kier alpha value is -5.21. The largest absolute Gasteiger partial charge is 0.480 e. The topological polar surface area (TPSA) is 125 Å². The van der Waals surface area contributed by atoms with E-state index in [1.165, 1.54) is 12.1 Å². The van der Waals surface area contributed by atoms with E-state index >= 15 is 0 Å². The summed E-state index contributed by atoms with van der Waals surface area (Å²) in [6.45, 7) is 0.321. The molecule has 0 spiro atoms. The molecule has 0 bridgehead atoms. The highest BCUT2D eigenvalue weighted by Gasteiger charge is 2.32. The molecule has 0 aliphatic heterocycles. The third kappa shape index (κ3) is 9.65. The molecule has 0 radical (unpaired) electrons. The second-order valence-corrected chi connectivity index (χ2v) is 10.8. The van der Waals surface area contributed by atoms with Gasteiger partial charge in [0.05, 0.1) is 11.1 Å². The van der Waals surface area contributed by atoms with Crippen molar-refractivity contribution in [2.75, 3.05) is 17.2 Å². The third-order valence-electron chi connectivity index (χ3n) is 7.30. The van der Waals surface area contributed by atoms with Crippen LogP contribution in [0.1, 0.15) is 49.4 Å². The molecular formula is C34H30F6N4O4. The van der Waals surface area contributed by atoms with Crippen LogP contribution in [0.4, 0.5) is 37.7 Å². The number of alkyl halides is 6.